The average Bonchev–Trinajstić information content (AvgIpc) is 2.84. The van der Waals surface area contributed by atoms with Crippen molar-refractivity contribution in [2.75, 3.05) is 19.8 Å². The van der Waals surface area contributed by atoms with Crippen molar-refractivity contribution < 1.29 is 28.6 Å². The van der Waals surface area contributed by atoms with Gasteiger partial charge in [0.05, 0.1) is 31.0 Å². The van der Waals surface area contributed by atoms with Gasteiger partial charge in [-0.25, -0.2) is 9.59 Å². The molecule has 0 aromatic heterocycles. The van der Waals surface area contributed by atoms with Crippen LogP contribution in [0.1, 0.15) is 20.8 Å². The molecule has 6 nitrogen and oxygen atoms in total. The third kappa shape index (κ3) is 3.46. The van der Waals surface area contributed by atoms with Crippen molar-refractivity contribution in [1.29, 1.82) is 0 Å². The summed E-state index contributed by atoms with van der Waals surface area (Å²) >= 11 is 0. The fraction of sp³-hybridized carbons (Fsp3) is 0.500. The molecule has 0 aromatic carbocycles. The summed E-state index contributed by atoms with van der Waals surface area (Å²) in [5.41, 5.74) is 0.0205. The van der Waals surface area contributed by atoms with E-state index in [-0.39, 0.29) is 31.0 Å². The largest absolute Gasteiger partial charge is 0.465 e. The van der Waals surface area contributed by atoms with Gasteiger partial charge < -0.3 is 14.2 Å². The monoisotopic (exact) mass is 282 g/mol. The number of ether oxygens (including phenoxy) is 3. The molecule has 110 valence electrons. The number of esters is 3. The van der Waals surface area contributed by atoms with Gasteiger partial charge in [0.15, 0.2) is 0 Å². The molecule has 0 aliphatic heterocycles. The third-order valence-electron chi connectivity index (χ3n) is 2.59. The molecule has 0 spiro atoms. The van der Waals surface area contributed by atoms with E-state index in [0.717, 1.165) is 0 Å². The molecule has 0 radical (unpaired) electrons. The summed E-state index contributed by atoms with van der Waals surface area (Å²) in [5.74, 6) is -2.88. The molecule has 0 fully saturated rings. The predicted octanol–water partition coefficient (Wildman–Crippen LogP) is 1.16. The van der Waals surface area contributed by atoms with Crippen molar-refractivity contribution in [2.45, 2.75) is 20.8 Å². The van der Waals surface area contributed by atoms with Crippen LogP contribution in [0.4, 0.5) is 0 Å². The maximum Gasteiger partial charge on any atom is 0.338 e. The van der Waals surface area contributed by atoms with Gasteiger partial charge in [-0.1, -0.05) is 6.08 Å². The Hall–Kier alpha value is -2.11. The Bertz CT molecular complexity index is 460. The lowest BCUT2D eigenvalue weighted by atomic mass is 10.0. The summed E-state index contributed by atoms with van der Waals surface area (Å²) < 4.78 is 14.6. The highest BCUT2D eigenvalue weighted by atomic mass is 16.5. The van der Waals surface area contributed by atoms with Crippen LogP contribution in [0.15, 0.2) is 23.3 Å². The van der Waals surface area contributed by atoms with Gasteiger partial charge in [0.25, 0.3) is 0 Å². The number of carbonyl (C=O) groups is 3. The van der Waals surface area contributed by atoms with E-state index in [4.69, 9.17) is 14.2 Å². The summed E-state index contributed by atoms with van der Waals surface area (Å²) in [6.45, 7) is 5.48. The van der Waals surface area contributed by atoms with Crippen LogP contribution < -0.4 is 0 Å². The first-order valence-corrected chi connectivity index (χ1v) is 6.49. The van der Waals surface area contributed by atoms with Crippen LogP contribution in [0, 0.1) is 5.92 Å². The second-order valence-corrected chi connectivity index (χ2v) is 3.86. The van der Waals surface area contributed by atoms with E-state index in [1.807, 2.05) is 0 Å². The molecular weight excluding hydrogens is 264 g/mol. The van der Waals surface area contributed by atoms with Crippen molar-refractivity contribution in [2.24, 2.45) is 5.92 Å². The summed E-state index contributed by atoms with van der Waals surface area (Å²) in [7, 11) is 0. The van der Waals surface area contributed by atoms with Gasteiger partial charge >= 0.3 is 17.9 Å². The van der Waals surface area contributed by atoms with E-state index >= 15 is 0 Å². The minimum absolute atomic E-state index is 0.0243. The highest BCUT2D eigenvalue weighted by Gasteiger charge is 2.36. The van der Waals surface area contributed by atoms with Crippen LogP contribution in [0.5, 0.6) is 0 Å². The lowest BCUT2D eigenvalue weighted by Gasteiger charge is -2.13. The molecule has 6 heteroatoms. The van der Waals surface area contributed by atoms with E-state index in [0.29, 0.717) is 0 Å². The van der Waals surface area contributed by atoms with E-state index in [2.05, 4.69) is 0 Å². The maximum atomic E-state index is 11.9. The van der Waals surface area contributed by atoms with Crippen molar-refractivity contribution in [3.63, 3.8) is 0 Å². The van der Waals surface area contributed by atoms with Gasteiger partial charge in [-0.3, -0.25) is 4.79 Å². The molecule has 0 N–H and O–H groups in total. The van der Waals surface area contributed by atoms with E-state index < -0.39 is 23.8 Å². The van der Waals surface area contributed by atoms with Gasteiger partial charge in [0, 0.05) is 0 Å². The number of carbonyl (C=O) groups excluding carboxylic acids is 3. The second kappa shape index (κ2) is 7.47. The molecule has 0 saturated heterocycles. The molecular formula is C14H18O6. The second-order valence-electron chi connectivity index (χ2n) is 3.86. The van der Waals surface area contributed by atoms with Crippen molar-refractivity contribution in [3.05, 3.63) is 23.3 Å². The van der Waals surface area contributed by atoms with Crippen LogP contribution in [0.25, 0.3) is 0 Å². The quantitative estimate of drug-likeness (QED) is 0.537. The average molecular weight is 282 g/mol. The number of rotatable bonds is 6. The van der Waals surface area contributed by atoms with E-state index in [1.165, 1.54) is 12.2 Å². The highest BCUT2D eigenvalue weighted by Crippen LogP contribution is 2.28. The zero-order valence-electron chi connectivity index (χ0n) is 11.8. The summed E-state index contributed by atoms with van der Waals surface area (Å²) in [5, 5.41) is 0. The minimum atomic E-state index is -0.923. The van der Waals surface area contributed by atoms with Gasteiger partial charge in [0.2, 0.25) is 0 Å². The fourth-order valence-electron chi connectivity index (χ4n) is 1.81. The molecule has 20 heavy (non-hydrogen) atoms. The maximum absolute atomic E-state index is 11.9. The van der Waals surface area contributed by atoms with Gasteiger partial charge in [0.1, 0.15) is 5.92 Å². The van der Waals surface area contributed by atoms with Gasteiger partial charge in [-0.05, 0) is 26.8 Å². The Morgan fingerprint density at radius 1 is 0.950 bits per heavy atom. The van der Waals surface area contributed by atoms with E-state index in [9.17, 15) is 14.4 Å². The molecule has 0 heterocycles. The molecule has 1 unspecified atom stereocenters. The molecule has 1 rings (SSSR count). The summed E-state index contributed by atoms with van der Waals surface area (Å²) in [6.07, 6.45) is 2.84. The SMILES string of the molecule is CCOC(=O)C1=C(C(=O)OCC)C(C(=O)OCC)C=C1. The first kappa shape index (κ1) is 15.9. The van der Waals surface area contributed by atoms with Crippen LogP contribution >= 0.6 is 0 Å². The smallest absolute Gasteiger partial charge is 0.338 e. The lowest BCUT2D eigenvalue weighted by molar-refractivity contribution is -0.148. The first-order chi connectivity index (χ1) is 9.56. The standard InChI is InChI=1S/C14H18O6/c1-4-18-12(15)9-7-8-10(13(16)19-5-2)11(9)14(17)20-6-3/h7-9H,4-6H2,1-3H3. The van der Waals surface area contributed by atoms with Crippen molar-refractivity contribution >= 4 is 17.9 Å². The molecule has 1 atom stereocenters. The molecule has 0 bridgehead atoms. The highest BCUT2D eigenvalue weighted by molar-refractivity contribution is 6.08. The Kier molecular flexibility index (Phi) is 5.96. The molecule has 0 amide bonds. The molecule has 0 saturated carbocycles. The minimum Gasteiger partial charge on any atom is -0.465 e. The van der Waals surface area contributed by atoms with Crippen molar-refractivity contribution in [3.8, 4) is 0 Å². The third-order valence-corrected chi connectivity index (χ3v) is 2.59. The van der Waals surface area contributed by atoms with Crippen LogP contribution in [-0.2, 0) is 28.6 Å². The Labute approximate surface area is 117 Å². The van der Waals surface area contributed by atoms with Crippen LogP contribution in [0.3, 0.4) is 0 Å². The summed E-state index contributed by atoms with van der Waals surface area (Å²) in [4.78, 5) is 35.6. The number of hydrogen-bond acceptors (Lipinski definition) is 6. The van der Waals surface area contributed by atoms with Gasteiger partial charge in [-0.15, -0.1) is 0 Å². The first-order valence-electron chi connectivity index (χ1n) is 6.49. The Morgan fingerprint density at radius 3 is 2.05 bits per heavy atom. The van der Waals surface area contributed by atoms with Gasteiger partial charge in [-0.2, -0.15) is 0 Å². The topological polar surface area (TPSA) is 78.9 Å². The Balaban J connectivity index is 3.10. The number of hydrogen-bond donors (Lipinski definition) is 0. The zero-order valence-corrected chi connectivity index (χ0v) is 11.8. The summed E-state index contributed by atoms with van der Waals surface area (Å²) in [6, 6.07) is 0. The normalized spacial score (nSPS) is 17.1. The Morgan fingerprint density at radius 2 is 1.50 bits per heavy atom. The van der Waals surface area contributed by atoms with Crippen LogP contribution in [0.2, 0.25) is 0 Å². The molecule has 1 aliphatic rings. The zero-order chi connectivity index (χ0) is 15.1. The van der Waals surface area contributed by atoms with Crippen molar-refractivity contribution in [1.82, 2.24) is 0 Å². The molecule has 0 aromatic rings. The lowest BCUT2D eigenvalue weighted by Crippen LogP contribution is -2.24. The van der Waals surface area contributed by atoms with Crippen LogP contribution in [-0.4, -0.2) is 37.7 Å². The molecule has 1 aliphatic carbocycles. The fourth-order valence-corrected chi connectivity index (χ4v) is 1.81. The predicted molar refractivity (Wildman–Crippen MR) is 69.6 cm³/mol. The van der Waals surface area contributed by atoms with E-state index in [1.54, 1.807) is 20.8 Å².